The first kappa shape index (κ1) is 18.0. The van der Waals surface area contributed by atoms with Gasteiger partial charge in [0.25, 0.3) is 0 Å². The number of anilines is 1. The van der Waals surface area contributed by atoms with Gasteiger partial charge >= 0.3 is 12.5 Å². The van der Waals surface area contributed by atoms with Crippen molar-refractivity contribution in [3.05, 3.63) is 53.2 Å². The molecule has 3 aromatic rings. The largest absolute Gasteiger partial charge is 0.573 e. The first-order valence-electron chi connectivity index (χ1n) is 7.43. The second-order valence-electron chi connectivity index (χ2n) is 5.30. The monoisotopic (exact) mass is 382 g/mol. The predicted molar refractivity (Wildman–Crippen MR) is 91.3 cm³/mol. The van der Waals surface area contributed by atoms with E-state index in [1.165, 1.54) is 23.5 Å². The van der Waals surface area contributed by atoms with Gasteiger partial charge in [0, 0.05) is 22.7 Å². The second kappa shape index (κ2) is 7.20. The number of amides is 1. The van der Waals surface area contributed by atoms with Crippen molar-refractivity contribution in [2.45, 2.75) is 19.9 Å². The van der Waals surface area contributed by atoms with E-state index in [1.807, 2.05) is 6.92 Å². The fraction of sp³-hybridized carbons (Fsp3) is 0.176. The number of rotatable bonds is 4. The van der Waals surface area contributed by atoms with Gasteiger partial charge in [0.2, 0.25) is 0 Å². The fourth-order valence-electron chi connectivity index (χ4n) is 2.30. The molecule has 26 heavy (non-hydrogen) atoms. The Morgan fingerprint density at radius 3 is 2.65 bits per heavy atom. The molecule has 0 bridgehead atoms. The van der Waals surface area contributed by atoms with Gasteiger partial charge in [0.15, 0.2) is 0 Å². The highest BCUT2D eigenvalue weighted by atomic mass is 32.1. The number of fused-ring (bicyclic) bond motifs is 1. The number of carbonyl (C=O) groups is 1. The highest BCUT2D eigenvalue weighted by molar-refractivity contribution is 7.19. The van der Waals surface area contributed by atoms with Crippen LogP contribution < -0.4 is 10.1 Å². The van der Waals surface area contributed by atoms with Crippen molar-refractivity contribution in [2.75, 3.05) is 5.32 Å². The molecule has 0 fully saturated rings. The number of hydrogen-bond acceptors (Lipinski definition) is 5. The zero-order chi connectivity index (χ0) is 18.7. The van der Waals surface area contributed by atoms with Crippen molar-refractivity contribution in [3.8, 4) is 5.75 Å². The number of ether oxygens (including phenoxy) is 2. The minimum Gasteiger partial charge on any atom is -0.444 e. The molecule has 0 radical (unpaired) electrons. The number of halogens is 3. The van der Waals surface area contributed by atoms with Gasteiger partial charge in [-0.1, -0.05) is 12.1 Å². The summed E-state index contributed by atoms with van der Waals surface area (Å²) >= 11 is 1.50. The summed E-state index contributed by atoms with van der Waals surface area (Å²) in [5.74, 6) is -0.334. The van der Waals surface area contributed by atoms with Crippen LogP contribution in [0.3, 0.4) is 0 Å². The summed E-state index contributed by atoms with van der Waals surface area (Å²) in [5.41, 5.74) is 1.19. The molecule has 1 aromatic carbocycles. The minimum atomic E-state index is -4.74. The highest BCUT2D eigenvalue weighted by Gasteiger charge is 2.30. The summed E-state index contributed by atoms with van der Waals surface area (Å²) in [4.78, 5) is 17.0. The Labute approximate surface area is 150 Å². The van der Waals surface area contributed by atoms with Crippen LogP contribution in [0.5, 0.6) is 5.75 Å². The number of benzene rings is 1. The van der Waals surface area contributed by atoms with Gasteiger partial charge in [-0.05, 0) is 30.7 Å². The predicted octanol–water partition coefficient (Wildman–Crippen LogP) is 5.25. The molecule has 0 aliphatic heterocycles. The normalized spacial score (nSPS) is 11.4. The summed E-state index contributed by atoms with van der Waals surface area (Å²) in [6.07, 6.45) is -2.04. The average molecular weight is 382 g/mol. The molecule has 0 aliphatic rings. The highest BCUT2D eigenvalue weighted by Crippen LogP contribution is 2.34. The van der Waals surface area contributed by atoms with E-state index in [1.54, 1.807) is 18.5 Å². The third-order valence-electron chi connectivity index (χ3n) is 3.42. The third-order valence-corrected chi connectivity index (χ3v) is 4.48. The molecule has 2 heterocycles. The van der Waals surface area contributed by atoms with E-state index in [4.69, 9.17) is 4.74 Å². The first-order valence-corrected chi connectivity index (χ1v) is 8.25. The van der Waals surface area contributed by atoms with Gasteiger partial charge in [0.05, 0.1) is 10.4 Å². The first-order chi connectivity index (χ1) is 12.3. The molecule has 136 valence electrons. The fourth-order valence-corrected chi connectivity index (χ4v) is 3.29. The van der Waals surface area contributed by atoms with Gasteiger partial charge in [-0.15, -0.1) is 24.5 Å². The van der Waals surface area contributed by atoms with Crippen LogP contribution in [0.1, 0.15) is 10.4 Å². The standard InChI is InChI=1S/C17H13F3N2O3S/c1-10-15(13-6-7-21-8-14(13)26-10)22-16(23)24-9-11-2-4-12(5-3-11)25-17(18,19)20/h2-8H,9H2,1H3,(H,22,23). The lowest BCUT2D eigenvalue weighted by atomic mass is 10.2. The lowest BCUT2D eigenvalue weighted by Gasteiger charge is -2.10. The number of nitrogens with one attached hydrogen (secondary N) is 1. The Bertz CT molecular complexity index is 923. The van der Waals surface area contributed by atoms with Crippen LogP contribution in [0.4, 0.5) is 23.7 Å². The van der Waals surface area contributed by atoms with Gasteiger partial charge < -0.3 is 9.47 Å². The number of aromatic nitrogens is 1. The average Bonchev–Trinajstić information content (AvgIpc) is 2.89. The summed E-state index contributed by atoms with van der Waals surface area (Å²) in [6.45, 7) is 1.79. The third kappa shape index (κ3) is 4.42. The summed E-state index contributed by atoms with van der Waals surface area (Å²) in [5, 5.41) is 3.56. The van der Waals surface area contributed by atoms with Crippen LogP contribution in [0, 0.1) is 6.92 Å². The van der Waals surface area contributed by atoms with E-state index in [0.717, 1.165) is 27.1 Å². The topological polar surface area (TPSA) is 60.5 Å². The smallest absolute Gasteiger partial charge is 0.444 e. The van der Waals surface area contributed by atoms with E-state index < -0.39 is 12.5 Å². The molecule has 1 amide bonds. The van der Waals surface area contributed by atoms with Crippen LogP contribution >= 0.6 is 11.3 Å². The lowest BCUT2D eigenvalue weighted by molar-refractivity contribution is -0.274. The molecule has 0 unspecified atom stereocenters. The van der Waals surface area contributed by atoms with Crippen molar-refractivity contribution in [1.82, 2.24) is 4.98 Å². The zero-order valence-corrected chi connectivity index (χ0v) is 14.3. The summed E-state index contributed by atoms with van der Waals surface area (Å²) < 4.78 is 46.2. The number of alkyl halides is 3. The quantitative estimate of drug-likeness (QED) is 0.669. The van der Waals surface area contributed by atoms with Crippen molar-refractivity contribution in [1.29, 1.82) is 0 Å². The zero-order valence-electron chi connectivity index (χ0n) is 13.5. The molecule has 9 heteroatoms. The molecule has 1 N–H and O–H groups in total. The van der Waals surface area contributed by atoms with Crippen molar-refractivity contribution < 1.29 is 27.4 Å². The maximum atomic E-state index is 12.1. The van der Waals surface area contributed by atoms with Crippen LogP contribution in [-0.4, -0.2) is 17.4 Å². The Kier molecular flexibility index (Phi) is 4.99. The van der Waals surface area contributed by atoms with E-state index in [9.17, 15) is 18.0 Å². The van der Waals surface area contributed by atoms with Crippen molar-refractivity contribution >= 4 is 33.2 Å². The number of hydrogen-bond donors (Lipinski definition) is 1. The number of pyridine rings is 1. The van der Waals surface area contributed by atoms with E-state index in [-0.39, 0.29) is 12.4 Å². The molecule has 5 nitrogen and oxygen atoms in total. The van der Waals surface area contributed by atoms with Gasteiger partial charge in [0.1, 0.15) is 12.4 Å². The summed E-state index contributed by atoms with van der Waals surface area (Å²) in [7, 11) is 0. The molecule has 0 atom stereocenters. The molecule has 0 saturated heterocycles. The van der Waals surface area contributed by atoms with E-state index in [2.05, 4.69) is 15.0 Å². The van der Waals surface area contributed by atoms with E-state index in [0.29, 0.717) is 11.3 Å². The van der Waals surface area contributed by atoms with Crippen molar-refractivity contribution in [2.24, 2.45) is 0 Å². The number of nitrogens with zero attached hydrogens (tertiary/aromatic N) is 1. The van der Waals surface area contributed by atoms with Crippen LogP contribution in [-0.2, 0) is 11.3 Å². The molecule has 2 aromatic heterocycles. The van der Waals surface area contributed by atoms with Gasteiger partial charge in [-0.3, -0.25) is 10.3 Å². The maximum Gasteiger partial charge on any atom is 0.573 e. The molecule has 0 aliphatic carbocycles. The van der Waals surface area contributed by atoms with Gasteiger partial charge in [-0.2, -0.15) is 0 Å². The number of thiophene rings is 1. The number of aryl methyl sites for hydroxylation is 1. The summed E-state index contributed by atoms with van der Waals surface area (Å²) in [6, 6.07) is 6.91. The molecular weight excluding hydrogens is 369 g/mol. The molecule has 0 spiro atoms. The number of carbonyl (C=O) groups excluding carboxylic acids is 1. The van der Waals surface area contributed by atoms with E-state index >= 15 is 0 Å². The van der Waals surface area contributed by atoms with Gasteiger partial charge in [-0.25, -0.2) is 4.79 Å². The second-order valence-corrected chi connectivity index (χ2v) is 6.55. The maximum absolute atomic E-state index is 12.1. The Hall–Kier alpha value is -2.81. The Morgan fingerprint density at radius 1 is 1.23 bits per heavy atom. The van der Waals surface area contributed by atoms with Crippen LogP contribution in [0.2, 0.25) is 0 Å². The Morgan fingerprint density at radius 2 is 1.96 bits per heavy atom. The minimum absolute atomic E-state index is 0.0825. The lowest BCUT2D eigenvalue weighted by Crippen LogP contribution is -2.17. The molecule has 0 saturated carbocycles. The van der Waals surface area contributed by atoms with Crippen LogP contribution in [0.25, 0.3) is 10.1 Å². The molecule has 3 rings (SSSR count). The Balaban J connectivity index is 1.59. The molecular formula is C17H13F3N2O3S. The SMILES string of the molecule is Cc1sc2cnccc2c1NC(=O)OCc1ccc(OC(F)(F)F)cc1. The van der Waals surface area contributed by atoms with Crippen molar-refractivity contribution in [3.63, 3.8) is 0 Å². The van der Waals surface area contributed by atoms with Crippen LogP contribution in [0.15, 0.2) is 42.7 Å².